The Morgan fingerprint density at radius 2 is 2.00 bits per heavy atom. The van der Waals surface area contributed by atoms with Crippen molar-refractivity contribution >= 4 is 23.6 Å². The van der Waals surface area contributed by atoms with E-state index in [2.05, 4.69) is 10.3 Å². The van der Waals surface area contributed by atoms with Crippen molar-refractivity contribution in [1.29, 1.82) is 0 Å². The highest BCUT2D eigenvalue weighted by Crippen LogP contribution is 2.31. The third-order valence-corrected chi connectivity index (χ3v) is 4.03. The van der Waals surface area contributed by atoms with Crippen LogP contribution in [-0.4, -0.2) is 44.3 Å². The molecule has 3 rings (SSSR count). The maximum Gasteiger partial charge on any atom is 0.415 e. The van der Waals surface area contributed by atoms with Gasteiger partial charge in [-0.15, -0.1) is 0 Å². The van der Waals surface area contributed by atoms with Gasteiger partial charge >= 0.3 is 23.9 Å². The Morgan fingerprint density at radius 1 is 1.33 bits per heavy atom. The number of hydrogen-bond donors (Lipinski definition) is 1. The van der Waals surface area contributed by atoms with Gasteiger partial charge in [-0.1, -0.05) is 0 Å². The van der Waals surface area contributed by atoms with E-state index in [1.54, 1.807) is 39.8 Å². The highest BCUT2D eigenvalue weighted by molar-refractivity contribution is 5.91. The summed E-state index contributed by atoms with van der Waals surface area (Å²) in [5, 5.41) is 13.3. The van der Waals surface area contributed by atoms with E-state index in [-0.39, 0.29) is 25.0 Å². The number of aromatic nitrogens is 2. The predicted octanol–water partition coefficient (Wildman–Crippen LogP) is 3.15. The number of carbonyl (C=O) groups is 2. The number of nitrogens with zero attached hydrogens (tertiary/aromatic N) is 3. The summed E-state index contributed by atoms with van der Waals surface area (Å²) >= 11 is 0. The van der Waals surface area contributed by atoms with Crippen LogP contribution in [0.4, 0.5) is 16.3 Å². The minimum absolute atomic E-state index is 0.0913. The normalized spacial score (nSPS) is 17.6. The van der Waals surface area contributed by atoms with Gasteiger partial charge in [-0.25, -0.2) is 9.59 Å². The number of hydrogen-bond acceptors (Lipinski definition) is 8. The molecule has 0 radical (unpaired) electrons. The van der Waals surface area contributed by atoms with E-state index in [0.29, 0.717) is 11.3 Å². The molecule has 11 heteroatoms. The molecule has 1 unspecified atom stereocenters. The van der Waals surface area contributed by atoms with Gasteiger partial charge in [-0.3, -0.25) is 9.88 Å². The molecule has 0 saturated heterocycles. The maximum absolute atomic E-state index is 12.1. The van der Waals surface area contributed by atoms with Gasteiger partial charge in [0.2, 0.25) is 0 Å². The number of amides is 1. The molecule has 1 amide bonds. The predicted molar refractivity (Wildman–Crippen MR) is 104 cm³/mol. The Labute approximate surface area is 172 Å². The van der Waals surface area contributed by atoms with Crippen molar-refractivity contribution < 1.29 is 28.7 Å². The second-order valence-corrected chi connectivity index (χ2v) is 8.10. The first-order valence-electron chi connectivity index (χ1n) is 9.12. The van der Waals surface area contributed by atoms with Gasteiger partial charge in [0.25, 0.3) is 0 Å². The van der Waals surface area contributed by atoms with Crippen LogP contribution in [0.2, 0.25) is 0 Å². The summed E-state index contributed by atoms with van der Waals surface area (Å²) in [7, 11) is 0. The van der Waals surface area contributed by atoms with Crippen LogP contribution in [0, 0.1) is 10.1 Å². The quantitative estimate of drug-likeness (QED) is 0.444. The molecule has 1 aromatic carbocycles. The number of imidazole rings is 1. The molecule has 160 valence electrons. The van der Waals surface area contributed by atoms with E-state index in [4.69, 9.17) is 14.2 Å². The minimum atomic E-state index is -0.893. The molecule has 1 aromatic heterocycles. The molecule has 0 fully saturated rings. The van der Waals surface area contributed by atoms with Crippen LogP contribution in [0.15, 0.2) is 30.5 Å². The molecule has 0 saturated carbocycles. The molecule has 11 nitrogen and oxygen atoms in total. The van der Waals surface area contributed by atoms with Crippen molar-refractivity contribution in [3.8, 4) is 6.01 Å². The first-order chi connectivity index (χ1) is 13.9. The minimum Gasteiger partial charge on any atom is -0.456 e. The molecule has 30 heavy (non-hydrogen) atoms. The first kappa shape index (κ1) is 21.1. The fraction of sp³-hybridized carbons (Fsp3) is 0.421. The highest BCUT2D eigenvalue weighted by Gasteiger charge is 2.41. The van der Waals surface area contributed by atoms with Gasteiger partial charge < -0.3 is 24.3 Å². The molecule has 1 N–H and O–H groups in total. The topological polar surface area (TPSA) is 135 Å². The SMILES string of the molecule is CC(C)(C)OC(=O)c1ccc(NC(=O)OCC2(C)Cn3cc([N+](=O)[O-])nc3O2)cc1. The van der Waals surface area contributed by atoms with Gasteiger partial charge in [0, 0.05) is 10.7 Å². The third-order valence-electron chi connectivity index (χ3n) is 4.03. The molecular weight excluding hydrogens is 396 g/mol. The molecular formula is C19H22N4O7. The van der Waals surface area contributed by atoms with Crippen LogP contribution in [0.25, 0.3) is 0 Å². The number of rotatable bonds is 5. The van der Waals surface area contributed by atoms with Crippen molar-refractivity contribution in [2.45, 2.75) is 45.4 Å². The maximum atomic E-state index is 12.1. The standard InChI is InChI=1S/C19H22N4O7/c1-18(2,3)29-15(24)12-5-7-13(8-6-12)20-17(25)28-11-19(4)10-22-9-14(23(26)27)21-16(22)30-19/h5-9H,10-11H2,1-4H3,(H,20,25). The Kier molecular flexibility index (Phi) is 5.38. The number of anilines is 1. The number of ether oxygens (including phenoxy) is 3. The van der Waals surface area contributed by atoms with Crippen molar-refractivity contribution in [3.05, 3.63) is 46.1 Å². The van der Waals surface area contributed by atoms with Crippen LogP contribution < -0.4 is 10.1 Å². The van der Waals surface area contributed by atoms with Crippen molar-refractivity contribution in [2.24, 2.45) is 0 Å². The number of nitro groups is 1. The number of nitrogens with one attached hydrogen (secondary N) is 1. The zero-order valence-electron chi connectivity index (χ0n) is 17.0. The molecule has 0 aliphatic carbocycles. The lowest BCUT2D eigenvalue weighted by molar-refractivity contribution is -0.389. The largest absolute Gasteiger partial charge is 0.456 e. The zero-order valence-corrected chi connectivity index (χ0v) is 17.0. The number of benzene rings is 1. The lowest BCUT2D eigenvalue weighted by Gasteiger charge is -2.21. The smallest absolute Gasteiger partial charge is 0.415 e. The summed E-state index contributed by atoms with van der Waals surface area (Å²) in [6.45, 7) is 7.20. The number of fused-ring (bicyclic) bond motifs is 1. The molecule has 0 spiro atoms. The third kappa shape index (κ3) is 5.04. The monoisotopic (exact) mass is 418 g/mol. The average Bonchev–Trinajstić information content (AvgIpc) is 3.15. The van der Waals surface area contributed by atoms with E-state index < -0.39 is 28.2 Å². The van der Waals surface area contributed by atoms with E-state index in [1.807, 2.05) is 0 Å². The molecule has 1 aliphatic rings. The van der Waals surface area contributed by atoms with Crippen LogP contribution >= 0.6 is 0 Å². The van der Waals surface area contributed by atoms with Crippen LogP contribution in [0.5, 0.6) is 6.01 Å². The Bertz CT molecular complexity index is 952. The Hall–Kier alpha value is -3.63. The van der Waals surface area contributed by atoms with Crippen LogP contribution in [0.1, 0.15) is 38.1 Å². The summed E-state index contributed by atoms with van der Waals surface area (Å²) in [4.78, 5) is 38.0. The van der Waals surface area contributed by atoms with Crippen molar-refractivity contribution in [3.63, 3.8) is 0 Å². The van der Waals surface area contributed by atoms with Gasteiger partial charge in [0.15, 0.2) is 5.60 Å². The van der Waals surface area contributed by atoms with Crippen LogP contribution in [0.3, 0.4) is 0 Å². The van der Waals surface area contributed by atoms with E-state index in [1.165, 1.54) is 22.9 Å². The van der Waals surface area contributed by atoms with Crippen molar-refractivity contribution in [2.75, 3.05) is 11.9 Å². The average molecular weight is 418 g/mol. The molecule has 2 heterocycles. The van der Waals surface area contributed by atoms with E-state index in [9.17, 15) is 19.7 Å². The van der Waals surface area contributed by atoms with Crippen LogP contribution in [-0.2, 0) is 16.0 Å². The summed E-state index contributed by atoms with van der Waals surface area (Å²) in [6, 6.07) is 6.30. The number of esters is 1. The molecule has 0 bridgehead atoms. The second-order valence-electron chi connectivity index (χ2n) is 8.10. The van der Waals surface area contributed by atoms with Gasteiger partial charge in [0.1, 0.15) is 18.4 Å². The summed E-state index contributed by atoms with van der Waals surface area (Å²) in [5.74, 6) is -0.763. The highest BCUT2D eigenvalue weighted by atomic mass is 16.6. The Morgan fingerprint density at radius 3 is 2.57 bits per heavy atom. The Balaban J connectivity index is 1.50. The molecule has 1 atom stereocenters. The molecule has 1 aliphatic heterocycles. The van der Waals surface area contributed by atoms with Gasteiger partial charge in [0.05, 0.1) is 12.1 Å². The fourth-order valence-electron chi connectivity index (χ4n) is 2.76. The van der Waals surface area contributed by atoms with Gasteiger partial charge in [-0.2, -0.15) is 0 Å². The first-order valence-corrected chi connectivity index (χ1v) is 9.12. The van der Waals surface area contributed by atoms with Gasteiger partial charge in [-0.05, 0) is 56.9 Å². The summed E-state index contributed by atoms with van der Waals surface area (Å²) in [6.07, 6.45) is 0.563. The van der Waals surface area contributed by atoms with Crippen molar-refractivity contribution in [1.82, 2.24) is 9.55 Å². The van der Waals surface area contributed by atoms with E-state index >= 15 is 0 Å². The number of carbonyl (C=O) groups excluding carboxylic acids is 2. The lowest BCUT2D eigenvalue weighted by atomic mass is 10.1. The fourth-order valence-corrected chi connectivity index (χ4v) is 2.76. The van der Waals surface area contributed by atoms with E-state index in [0.717, 1.165) is 0 Å². The lowest BCUT2D eigenvalue weighted by Crippen LogP contribution is -2.38. The second kappa shape index (κ2) is 7.65. The molecule has 2 aromatic rings. The zero-order chi connectivity index (χ0) is 22.1. The summed E-state index contributed by atoms with van der Waals surface area (Å²) in [5.41, 5.74) is -0.694. The summed E-state index contributed by atoms with van der Waals surface area (Å²) < 4.78 is 17.6.